The van der Waals surface area contributed by atoms with Crippen LogP contribution >= 0.6 is 0 Å². The highest BCUT2D eigenvalue weighted by Gasteiger charge is 2.39. The predicted molar refractivity (Wildman–Crippen MR) is 90.8 cm³/mol. The lowest BCUT2D eigenvalue weighted by Crippen LogP contribution is -2.37. The molecule has 1 aromatic rings. The van der Waals surface area contributed by atoms with E-state index in [0.29, 0.717) is 11.5 Å². The number of hydrogen-bond donors (Lipinski definition) is 0. The van der Waals surface area contributed by atoms with Crippen LogP contribution in [0.25, 0.3) is 0 Å². The Morgan fingerprint density at radius 2 is 1.86 bits per heavy atom. The summed E-state index contributed by atoms with van der Waals surface area (Å²) in [4.78, 5) is 0. The molecule has 1 aliphatic heterocycles. The Morgan fingerprint density at radius 3 is 2.52 bits per heavy atom. The Morgan fingerprint density at radius 1 is 1.14 bits per heavy atom. The average molecular weight is 282 g/mol. The molecule has 21 heavy (non-hydrogen) atoms. The van der Waals surface area contributed by atoms with Crippen molar-refractivity contribution in [2.75, 3.05) is 5.01 Å². The monoisotopic (exact) mass is 282 g/mol. The maximum absolute atomic E-state index is 4.83. The first kappa shape index (κ1) is 14.4. The quantitative estimate of drug-likeness (QED) is 0.683. The maximum atomic E-state index is 4.83. The van der Waals surface area contributed by atoms with Gasteiger partial charge in [0.1, 0.15) is 0 Å². The van der Waals surface area contributed by atoms with Crippen LogP contribution in [0, 0.1) is 5.41 Å². The lowest BCUT2D eigenvalue weighted by Gasteiger charge is -2.40. The fourth-order valence-electron chi connectivity index (χ4n) is 4.08. The Kier molecular flexibility index (Phi) is 3.64. The van der Waals surface area contributed by atoms with Crippen molar-refractivity contribution >= 4 is 11.4 Å². The predicted octanol–water partition coefficient (Wildman–Crippen LogP) is 5.17. The van der Waals surface area contributed by atoms with Gasteiger partial charge in [-0.3, -0.25) is 5.01 Å². The highest BCUT2D eigenvalue weighted by molar-refractivity contribution is 5.87. The Bertz CT molecular complexity index is 581. The van der Waals surface area contributed by atoms with E-state index < -0.39 is 0 Å². The Hall–Kier alpha value is -1.57. The molecule has 0 saturated heterocycles. The average Bonchev–Trinajstić information content (AvgIpc) is 2.80. The molecule has 0 N–H and O–H groups in total. The molecule has 2 heteroatoms. The van der Waals surface area contributed by atoms with Gasteiger partial charge < -0.3 is 0 Å². The first-order valence-electron chi connectivity index (χ1n) is 8.07. The lowest BCUT2D eigenvalue weighted by atomic mass is 9.69. The standard InChI is InChI=1S/C19H26N2/c1-14-9-8-12-19(3,4)18(14)17-13-15(2)20-21(17)16-10-6-5-7-11-16/h5-7,10-11,17H,8-9,12-13H2,1-4H3. The largest absolute Gasteiger partial charge is 0.258 e. The number of benzene rings is 1. The Balaban J connectivity index is 2.01. The normalized spacial score (nSPS) is 25.2. The van der Waals surface area contributed by atoms with Crippen molar-refractivity contribution in [2.45, 2.75) is 59.4 Å². The van der Waals surface area contributed by atoms with E-state index in [0.717, 1.165) is 6.42 Å². The summed E-state index contributed by atoms with van der Waals surface area (Å²) in [5.74, 6) is 0. The van der Waals surface area contributed by atoms with Crippen LogP contribution in [0.2, 0.25) is 0 Å². The molecule has 1 aromatic carbocycles. The van der Waals surface area contributed by atoms with Crippen molar-refractivity contribution in [1.82, 2.24) is 0 Å². The summed E-state index contributed by atoms with van der Waals surface area (Å²) in [6.45, 7) is 9.29. The minimum Gasteiger partial charge on any atom is -0.258 e. The fraction of sp³-hybridized carbons (Fsp3) is 0.526. The van der Waals surface area contributed by atoms with Crippen molar-refractivity contribution < 1.29 is 0 Å². The summed E-state index contributed by atoms with van der Waals surface area (Å²) in [5, 5.41) is 7.08. The van der Waals surface area contributed by atoms with Crippen molar-refractivity contribution in [1.29, 1.82) is 0 Å². The molecule has 1 unspecified atom stereocenters. The second-order valence-corrected chi connectivity index (χ2v) is 7.17. The number of hydrogen-bond acceptors (Lipinski definition) is 2. The van der Waals surface area contributed by atoms with Crippen LogP contribution in [0.3, 0.4) is 0 Å². The molecule has 0 spiro atoms. The molecule has 1 aliphatic carbocycles. The molecule has 1 atom stereocenters. The topological polar surface area (TPSA) is 15.6 Å². The zero-order valence-electron chi connectivity index (χ0n) is 13.7. The van der Waals surface area contributed by atoms with Gasteiger partial charge in [0.05, 0.1) is 11.7 Å². The van der Waals surface area contributed by atoms with Gasteiger partial charge in [0.25, 0.3) is 0 Å². The van der Waals surface area contributed by atoms with E-state index >= 15 is 0 Å². The van der Waals surface area contributed by atoms with E-state index in [9.17, 15) is 0 Å². The number of para-hydroxylation sites is 1. The zero-order chi connectivity index (χ0) is 15.0. The first-order valence-corrected chi connectivity index (χ1v) is 8.07. The second kappa shape index (κ2) is 5.32. The third kappa shape index (κ3) is 2.64. The molecule has 2 nitrogen and oxygen atoms in total. The SMILES string of the molecule is CC1=NN(c2ccccc2)C(C2=C(C)CCCC2(C)C)C1. The summed E-state index contributed by atoms with van der Waals surface area (Å²) in [5.41, 5.74) is 5.95. The summed E-state index contributed by atoms with van der Waals surface area (Å²) >= 11 is 0. The van der Waals surface area contributed by atoms with Gasteiger partial charge in [-0.15, -0.1) is 0 Å². The van der Waals surface area contributed by atoms with Crippen molar-refractivity contribution in [2.24, 2.45) is 10.5 Å². The lowest BCUT2D eigenvalue weighted by molar-refractivity contribution is 0.343. The number of anilines is 1. The minimum atomic E-state index is 0.292. The van der Waals surface area contributed by atoms with Gasteiger partial charge in [0.15, 0.2) is 0 Å². The van der Waals surface area contributed by atoms with E-state index in [2.05, 4.69) is 63.0 Å². The minimum absolute atomic E-state index is 0.292. The van der Waals surface area contributed by atoms with Crippen LogP contribution in [0.1, 0.15) is 53.4 Å². The van der Waals surface area contributed by atoms with Crippen molar-refractivity contribution in [3.63, 3.8) is 0 Å². The molecule has 0 aromatic heterocycles. The number of nitrogens with zero attached hydrogens (tertiary/aromatic N) is 2. The van der Waals surface area contributed by atoms with Crippen LogP contribution in [0.15, 0.2) is 46.6 Å². The van der Waals surface area contributed by atoms with E-state index in [-0.39, 0.29) is 0 Å². The maximum Gasteiger partial charge on any atom is 0.0795 e. The number of hydrazone groups is 1. The van der Waals surface area contributed by atoms with Crippen molar-refractivity contribution in [3.8, 4) is 0 Å². The van der Waals surface area contributed by atoms with Crippen LogP contribution in [0.5, 0.6) is 0 Å². The van der Waals surface area contributed by atoms with E-state index in [1.165, 1.54) is 30.7 Å². The first-order chi connectivity index (χ1) is 9.99. The van der Waals surface area contributed by atoms with Gasteiger partial charge in [-0.2, -0.15) is 5.10 Å². The smallest absolute Gasteiger partial charge is 0.0795 e. The summed E-state index contributed by atoms with van der Waals surface area (Å²) < 4.78 is 0. The summed E-state index contributed by atoms with van der Waals surface area (Å²) in [7, 11) is 0. The van der Waals surface area contributed by atoms with Gasteiger partial charge in [-0.05, 0) is 56.2 Å². The van der Waals surface area contributed by atoms with Gasteiger partial charge in [0.2, 0.25) is 0 Å². The molecule has 0 saturated carbocycles. The number of allylic oxidation sites excluding steroid dienone is 1. The zero-order valence-corrected chi connectivity index (χ0v) is 13.7. The van der Waals surface area contributed by atoms with Crippen LogP contribution in [0.4, 0.5) is 5.69 Å². The molecule has 0 amide bonds. The molecule has 2 aliphatic rings. The van der Waals surface area contributed by atoms with Gasteiger partial charge in [0, 0.05) is 12.1 Å². The molecule has 0 bridgehead atoms. The van der Waals surface area contributed by atoms with Crippen LogP contribution in [-0.4, -0.2) is 11.8 Å². The molecule has 0 fully saturated rings. The highest BCUT2D eigenvalue weighted by atomic mass is 15.5. The molecular weight excluding hydrogens is 256 g/mol. The molecular formula is C19H26N2. The molecule has 3 rings (SSSR count). The summed E-state index contributed by atoms with van der Waals surface area (Å²) in [6.07, 6.45) is 4.92. The molecule has 112 valence electrons. The van der Waals surface area contributed by atoms with Gasteiger partial charge in [-0.1, -0.05) is 37.6 Å². The van der Waals surface area contributed by atoms with Gasteiger partial charge in [-0.25, -0.2) is 0 Å². The molecule has 1 heterocycles. The van der Waals surface area contributed by atoms with Crippen molar-refractivity contribution in [3.05, 3.63) is 41.5 Å². The third-order valence-corrected chi connectivity index (χ3v) is 4.96. The number of rotatable bonds is 2. The summed E-state index contributed by atoms with van der Waals surface area (Å²) in [6, 6.07) is 11.0. The second-order valence-electron chi connectivity index (χ2n) is 7.17. The van der Waals surface area contributed by atoms with E-state index in [1.54, 1.807) is 11.1 Å². The van der Waals surface area contributed by atoms with Gasteiger partial charge >= 0.3 is 0 Å². The van der Waals surface area contributed by atoms with Crippen LogP contribution < -0.4 is 5.01 Å². The highest BCUT2D eigenvalue weighted by Crippen LogP contribution is 2.45. The fourth-order valence-corrected chi connectivity index (χ4v) is 4.08. The van der Waals surface area contributed by atoms with E-state index in [1.807, 2.05) is 0 Å². The third-order valence-electron chi connectivity index (χ3n) is 4.96. The van der Waals surface area contributed by atoms with Crippen LogP contribution in [-0.2, 0) is 0 Å². The van der Waals surface area contributed by atoms with E-state index in [4.69, 9.17) is 5.10 Å². The molecule has 0 radical (unpaired) electrons. The Labute approximate surface area is 128 Å².